The van der Waals surface area contributed by atoms with E-state index in [2.05, 4.69) is 18.7 Å². The molecule has 0 heterocycles. The zero-order valence-electron chi connectivity index (χ0n) is 11.6. The van der Waals surface area contributed by atoms with Crippen LogP contribution in [-0.4, -0.2) is 19.0 Å². The summed E-state index contributed by atoms with van der Waals surface area (Å²) in [6, 6.07) is 5.43. The molecule has 1 rings (SSSR count). The van der Waals surface area contributed by atoms with Crippen LogP contribution >= 0.6 is 0 Å². The predicted octanol–water partition coefficient (Wildman–Crippen LogP) is 3.96. The average molecular weight is 225 g/mol. The molecule has 0 aliphatic heterocycles. The molecule has 0 aromatic heterocycles. The van der Waals surface area contributed by atoms with Gasteiger partial charge in [-0.15, -0.1) is 0 Å². The molecule has 0 aliphatic rings. The number of rotatable bonds is 2. The van der Waals surface area contributed by atoms with E-state index in [0.717, 1.165) is 5.56 Å². The average Bonchev–Trinajstić information content (AvgIpc) is 2.24. The van der Waals surface area contributed by atoms with Crippen molar-refractivity contribution in [2.45, 2.75) is 40.2 Å². The van der Waals surface area contributed by atoms with Gasteiger partial charge >= 0.3 is 0 Å². The van der Waals surface area contributed by atoms with E-state index >= 15 is 0 Å². The Labute approximate surface area is 99.3 Å². The van der Waals surface area contributed by atoms with E-state index in [9.17, 15) is 4.39 Å². The summed E-state index contributed by atoms with van der Waals surface area (Å²) in [4.78, 5) is 2.08. The molecule has 0 saturated heterocycles. The summed E-state index contributed by atoms with van der Waals surface area (Å²) in [5, 5.41) is 0. The number of hydrogen-bond donors (Lipinski definition) is 0. The minimum atomic E-state index is -0.130. The van der Waals surface area contributed by atoms with Crippen molar-refractivity contribution in [1.29, 1.82) is 0 Å². The number of benzene rings is 1. The Balaban J connectivity index is 0.00000106. The maximum Gasteiger partial charge on any atom is 0.126 e. The first kappa shape index (κ1) is 15.1. The van der Waals surface area contributed by atoms with Gasteiger partial charge < -0.3 is 4.90 Å². The molecular weight excluding hydrogens is 201 g/mol. The second-order valence-electron chi connectivity index (χ2n) is 4.42. The van der Waals surface area contributed by atoms with Gasteiger partial charge in [-0.05, 0) is 52.1 Å². The van der Waals surface area contributed by atoms with Gasteiger partial charge in [0, 0.05) is 5.54 Å². The Bertz CT molecular complexity index is 330. The van der Waals surface area contributed by atoms with E-state index < -0.39 is 0 Å². The number of aryl methyl sites for hydroxylation is 1. The SMILES string of the molecule is CC.Cc1ccc(C(C)(C)N(C)C)cc1F. The van der Waals surface area contributed by atoms with Gasteiger partial charge in [0.1, 0.15) is 5.82 Å². The highest BCUT2D eigenvalue weighted by molar-refractivity contribution is 5.28. The molecule has 0 fully saturated rings. The molecule has 0 atom stereocenters. The smallest absolute Gasteiger partial charge is 0.126 e. The van der Waals surface area contributed by atoms with Crippen molar-refractivity contribution in [2.24, 2.45) is 0 Å². The largest absolute Gasteiger partial charge is 0.300 e. The van der Waals surface area contributed by atoms with Crippen LogP contribution in [0.15, 0.2) is 18.2 Å². The third-order valence-electron chi connectivity index (χ3n) is 3.00. The molecule has 2 heteroatoms. The van der Waals surface area contributed by atoms with Gasteiger partial charge in [0.15, 0.2) is 0 Å². The first-order chi connectivity index (χ1) is 7.35. The lowest BCUT2D eigenvalue weighted by Crippen LogP contribution is -2.35. The summed E-state index contributed by atoms with van der Waals surface area (Å²) in [5.74, 6) is -0.127. The summed E-state index contributed by atoms with van der Waals surface area (Å²) in [5.41, 5.74) is 1.57. The summed E-state index contributed by atoms with van der Waals surface area (Å²) < 4.78 is 13.4. The first-order valence-corrected chi connectivity index (χ1v) is 5.80. The highest BCUT2D eigenvalue weighted by Gasteiger charge is 2.23. The zero-order chi connectivity index (χ0) is 12.9. The molecule has 1 nitrogen and oxygen atoms in total. The van der Waals surface area contributed by atoms with Gasteiger partial charge in [0.25, 0.3) is 0 Å². The lowest BCUT2D eigenvalue weighted by Gasteiger charge is -2.33. The molecule has 0 radical (unpaired) electrons. The molecule has 92 valence electrons. The Morgan fingerprint density at radius 3 is 2.00 bits per heavy atom. The normalized spacial score (nSPS) is 11.1. The molecule has 0 saturated carbocycles. The van der Waals surface area contributed by atoms with Crippen LogP contribution in [0.3, 0.4) is 0 Å². The topological polar surface area (TPSA) is 3.24 Å². The van der Waals surface area contributed by atoms with Crippen molar-refractivity contribution < 1.29 is 4.39 Å². The molecule has 16 heavy (non-hydrogen) atoms. The monoisotopic (exact) mass is 225 g/mol. The van der Waals surface area contributed by atoms with Crippen molar-refractivity contribution in [3.8, 4) is 0 Å². The minimum Gasteiger partial charge on any atom is -0.300 e. The van der Waals surface area contributed by atoms with E-state index in [-0.39, 0.29) is 11.4 Å². The van der Waals surface area contributed by atoms with Gasteiger partial charge in [0.05, 0.1) is 0 Å². The van der Waals surface area contributed by atoms with Crippen LogP contribution in [-0.2, 0) is 5.54 Å². The van der Waals surface area contributed by atoms with Crippen LogP contribution < -0.4 is 0 Å². The third kappa shape index (κ3) is 3.31. The molecule has 1 aromatic rings. The molecule has 0 aliphatic carbocycles. The highest BCUT2D eigenvalue weighted by Crippen LogP contribution is 2.26. The highest BCUT2D eigenvalue weighted by atomic mass is 19.1. The van der Waals surface area contributed by atoms with Crippen LogP contribution in [0, 0.1) is 12.7 Å². The maximum absolute atomic E-state index is 13.4. The van der Waals surface area contributed by atoms with E-state index in [0.29, 0.717) is 5.56 Å². The van der Waals surface area contributed by atoms with E-state index in [4.69, 9.17) is 0 Å². The van der Waals surface area contributed by atoms with Crippen molar-refractivity contribution in [3.63, 3.8) is 0 Å². The maximum atomic E-state index is 13.4. The van der Waals surface area contributed by atoms with Crippen LogP contribution in [0.5, 0.6) is 0 Å². The van der Waals surface area contributed by atoms with Crippen molar-refractivity contribution >= 4 is 0 Å². The van der Waals surface area contributed by atoms with E-state index in [1.807, 2.05) is 40.1 Å². The fraction of sp³-hybridized carbons (Fsp3) is 0.571. The second-order valence-corrected chi connectivity index (χ2v) is 4.42. The summed E-state index contributed by atoms with van der Waals surface area (Å²) in [6.45, 7) is 9.94. The Morgan fingerprint density at radius 2 is 1.62 bits per heavy atom. The molecule has 0 amide bonds. The van der Waals surface area contributed by atoms with Crippen LogP contribution in [0.4, 0.5) is 4.39 Å². The van der Waals surface area contributed by atoms with Gasteiger partial charge in [0.2, 0.25) is 0 Å². The van der Waals surface area contributed by atoms with Gasteiger partial charge in [-0.3, -0.25) is 0 Å². The van der Waals surface area contributed by atoms with Gasteiger partial charge in [-0.2, -0.15) is 0 Å². The standard InChI is InChI=1S/C12H18FN.C2H6/c1-9-6-7-10(8-11(9)13)12(2,3)14(4)5;1-2/h6-8H,1-5H3;1-2H3. The van der Waals surface area contributed by atoms with Crippen molar-refractivity contribution in [2.75, 3.05) is 14.1 Å². The van der Waals surface area contributed by atoms with E-state index in [1.54, 1.807) is 13.0 Å². The molecule has 0 spiro atoms. The Kier molecular flexibility index (Phi) is 5.66. The van der Waals surface area contributed by atoms with Crippen LogP contribution in [0.25, 0.3) is 0 Å². The lowest BCUT2D eigenvalue weighted by molar-refractivity contribution is 0.197. The molecule has 0 bridgehead atoms. The Morgan fingerprint density at radius 1 is 1.12 bits per heavy atom. The zero-order valence-corrected chi connectivity index (χ0v) is 11.6. The fourth-order valence-electron chi connectivity index (χ4n) is 1.23. The molecule has 0 unspecified atom stereocenters. The van der Waals surface area contributed by atoms with Crippen molar-refractivity contribution in [3.05, 3.63) is 35.1 Å². The van der Waals surface area contributed by atoms with E-state index in [1.165, 1.54) is 0 Å². The molecule has 1 aromatic carbocycles. The summed E-state index contributed by atoms with van der Waals surface area (Å²) in [6.07, 6.45) is 0. The number of nitrogens with zero attached hydrogens (tertiary/aromatic N) is 1. The van der Waals surface area contributed by atoms with Gasteiger partial charge in [-0.1, -0.05) is 26.0 Å². The summed E-state index contributed by atoms with van der Waals surface area (Å²) in [7, 11) is 4.00. The van der Waals surface area contributed by atoms with Crippen LogP contribution in [0.2, 0.25) is 0 Å². The quantitative estimate of drug-likeness (QED) is 0.736. The summed E-state index contributed by atoms with van der Waals surface area (Å²) >= 11 is 0. The predicted molar refractivity (Wildman–Crippen MR) is 69.2 cm³/mol. The minimum absolute atomic E-state index is 0.127. The first-order valence-electron chi connectivity index (χ1n) is 5.80. The molecule has 0 N–H and O–H groups in total. The van der Waals surface area contributed by atoms with Crippen molar-refractivity contribution in [1.82, 2.24) is 4.90 Å². The number of halogens is 1. The Hall–Kier alpha value is -0.890. The van der Waals surface area contributed by atoms with Gasteiger partial charge in [-0.25, -0.2) is 4.39 Å². The second kappa shape index (κ2) is 6.00. The number of hydrogen-bond acceptors (Lipinski definition) is 1. The molecular formula is C14H24FN. The third-order valence-corrected chi connectivity index (χ3v) is 3.00. The fourth-order valence-corrected chi connectivity index (χ4v) is 1.23. The van der Waals surface area contributed by atoms with Crippen LogP contribution in [0.1, 0.15) is 38.8 Å². The lowest BCUT2D eigenvalue weighted by atomic mass is 9.92.